The van der Waals surface area contributed by atoms with Gasteiger partial charge in [-0.3, -0.25) is 19.1 Å². The van der Waals surface area contributed by atoms with E-state index in [1.165, 1.54) is 24.4 Å². The van der Waals surface area contributed by atoms with Crippen molar-refractivity contribution < 1.29 is 23.9 Å². The molecule has 1 heterocycles. The van der Waals surface area contributed by atoms with Gasteiger partial charge in [0, 0.05) is 24.2 Å². The van der Waals surface area contributed by atoms with Crippen molar-refractivity contribution in [1.82, 2.24) is 9.78 Å². The second-order valence-corrected chi connectivity index (χ2v) is 6.09. The van der Waals surface area contributed by atoms with Crippen LogP contribution in [0.2, 0.25) is 0 Å². The van der Waals surface area contributed by atoms with Gasteiger partial charge in [0.2, 0.25) is 5.91 Å². The molecular weight excluding hydrogens is 343 g/mol. The summed E-state index contributed by atoms with van der Waals surface area (Å²) in [4.78, 5) is 34.5. The maximum absolute atomic E-state index is 14.1. The van der Waals surface area contributed by atoms with Crippen molar-refractivity contribution in [3.8, 4) is 0 Å². The Hall–Kier alpha value is -3.23. The van der Waals surface area contributed by atoms with E-state index in [1.807, 2.05) is 13.8 Å². The maximum Gasteiger partial charge on any atom is 0.325 e. The lowest BCUT2D eigenvalue weighted by atomic mass is 10.1. The largest absolute Gasteiger partial charge is 0.480 e. The molecule has 0 saturated heterocycles. The van der Waals surface area contributed by atoms with Crippen molar-refractivity contribution in [3.05, 3.63) is 41.8 Å². The first-order valence-electron chi connectivity index (χ1n) is 7.90. The molecule has 0 aliphatic rings. The number of benzene rings is 1. The third kappa shape index (κ3) is 5.40. The molecule has 1 aromatic heterocycles. The molecule has 0 unspecified atom stereocenters. The molecule has 0 radical (unpaired) electrons. The lowest BCUT2D eigenvalue weighted by Gasteiger charge is -2.09. The van der Waals surface area contributed by atoms with Gasteiger partial charge in [-0.05, 0) is 24.1 Å². The topological polar surface area (TPSA) is 113 Å². The van der Waals surface area contributed by atoms with E-state index >= 15 is 0 Å². The van der Waals surface area contributed by atoms with Crippen LogP contribution in [-0.2, 0) is 16.1 Å². The highest BCUT2D eigenvalue weighted by Crippen LogP contribution is 2.17. The summed E-state index contributed by atoms with van der Waals surface area (Å²) in [6.07, 6.45) is 1.67. The lowest BCUT2D eigenvalue weighted by molar-refractivity contribution is -0.137. The molecular formula is C17H19FN4O4. The third-order valence-corrected chi connectivity index (χ3v) is 3.28. The predicted molar refractivity (Wildman–Crippen MR) is 92.3 cm³/mol. The molecule has 0 aliphatic heterocycles. The Labute approximate surface area is 149 Å². The summed E-state index contributed by atoms with van der Waals surface area (Å²) in [6.45, 7) is 3.41. The molecule has 0 fully saturated rings. The van der Waals surface area contributed by atoms with E-state index in [-0.39, 0.29) is 41.9 Å². The fraction of sp³-hybridized carbons (Fsp3) is 0.294. The zero-order valence-electron chi connectivity index (χ0n) is 14.3. The number of carboxylic acids is 1. The summed E-state index contributed by atoms with van der Waals surface area (Å²) in [5.74, 6) is -2.42. The van der Waals surface area contributed by atoms with E-state index < -0.39 is 17.7 Å². The van der Waals surface area contributed by atoms with Crippen LogP contribution in [-0.4, -0.2) is 32.7 Å². The van der Waals surface area contributed by atoms with E-state index in [9.17, 15) is 18.8 Å². The lowest BCUT2D eigenvalue weighted by Crippen LogP contribution is -2.16. The van der Waals surface area contributed by atoms with Crippen LogP contribution in [0.4, 0.5) is 15.9 Å². The van der Waals surface area contributed by atoms with Gasteiger partial charge in [0.15, 0.2) is 5.82 Å². The van der Waals surface area contributed by atoms with Crippen molar-refractivity contribution in [1.29, 1.82) is 0 Å². The standard InChI is InChI=1S/C17H19FN4O4/c1-10(2)7-15(23)19-13-4-3-11(8-12(13)18)17(26)20-14-5-6-22(21-14)9-16(24)25/h3-6,8,10H,7,9H2,1-2H3,(H,19,23)(H,24,25)(H,20,21,26). The monoisotopic (exact) mass is 362 g/mol. The molecule has 0 spiro atoms. The maximum atomic E-state index is 14.1. The van der Waals surface area contributed by atoms with E-state index in [0.717, 1.165) is 10.7 Å². The Bertz CT molecular complexity index is 832. The molecule has 0 saturated carbocycles. The quantitative estimate of drug-likeness (QED) is 0.700. The number of amides is 2. The van der Waals surface area contributed by atoms with Crippen LogP contribution in [0, 0.1) is 11.7 Å². The van der Waals surface area contributed by atoms with Crippen LogP contribution in [0.15, 0.2) is 30.5 Å². The molecule has 0 aliphatic carbocycles. The molecule has 2 aromatic rings. The zero-order valence-corrected chi connectivity index (χ0v) is 14.3. The SMILES string of the molecule is CC(C)CC(=O)Nc1ccc(C(=O)Nc2ccn(CC(=O)O)n2)cc1F. The molecule has 9 heteroatoms. The molecule has 3 N–H and O–H groups in total. The number of carbonyl (C=O) groups excluding carboxylic acids is 2. The normalized spacial score (nSPS) is 10.6. The number of nitrogens with one attached hydrogen (secondary N) is 2. The highest BCUT2D eigenvalue weighted by atomic mass is 19.1. The van der Waals surface area contributed by atoms with Crippen LogP contribution in [0.3, 0.4) is 0 Å². The van der Waals surface area contributed by atoms with Crippen molar-refractivity contribution >= 4 is 29.3 Å². The number of halogens is 1. The number of aromatic nitrogens is 2. The highest BCUT2D eigenvalue weighted by molar-refractivity contribution is 6.04. The minimum Gasteiger partial charge on any atom is -0.480 e. The van der Waals surface area contributed by atoms with Crippen LogP contribution in [0.5, 0.6) is 0 Å². The Kier molecular flexibility index (Phi) is 6.05. The number of carbonyl (C=O) groups is 3. The van der Waals surface area contributed by atoms with Crippen molar-refractivity contribution in [2.75, 3.05) is 10.6 Å². The van der Waals surface area contributed by atoms with E-state index in [4.69, 9.17) is 5.11 Å². The van der Waals surface area contributed by atoms with Crippen LogP contribution >= 0.6 is 0 Å². The molecule has 1 aromatic carbocycles. The number of aliphatic carboxylic acids is 1. The van der Waals surface area contributed by atoms with Crippen LogP contribution < -0.4 is 10.6 Å². The first kappa shape index (κ1) is 19.1. The zero-order chi connectivity index (χ0) is 19.3. The average Bonchev–Trinajstić information content (AvgIpc) is 2.94. The predicted octanol–water partition coefficient (Wildman–Crippen LogP) is 2.34. The van der Waals surface area contributed by atoms with E-state index in [0.29, 0.717) is 0 Å². The van der Waals surface area contributed by atoms with Crippen molar-refractivity contribution in [3.63, 3.8) is 0 Å². The van der Waals surface area contributed by atoms with Gasteiger partial charge in [0.1, 0.15) is 12.4 Å². The van der Waals surface area contributed by atoms with Gasteiger partial charge in [-0.1, -0.05) is 13.8 Å². The first-order valence-corrected chi connectivity index (χ1v) is 7.90. The summed E-state index contributed by atoms with van der Waals surface area (Å²) in [5, 5.41) is 17.5. The van der Waals surface area contributed by atoms with Gasteiger partial charge in [-0.25, -0.2) is 4.39 Å². The van der Waals surface area contributed by atoms with Gasteiger partial charge >= 0.3 is 5.97 Å². The Morgan fingerprint density at radius 3 is 2.58 bits per heavy atom. The minimum atomic E-state index is -1.07. The summed E-state index contributed by atoms with van der Waals surface area (Å²) >= 11 is 0. The van der Waals surface area contributed by atoms with Crippen LogP contribution in [0.25, 0.3) is 0 Å². The van der Waals surface area contributed by atoms with Crippen LogP contribution in [0.1, 0.15) is 30.6 Å². The Morgan fingerprint density at radius 2 is 1.96 bits per heavy atom. The number of hydrogen-bond acceptors (Lipinski definition) is 4. The second kappa shape index (κ2) is 8.24. The highest BCUT2D eigenvalue weighted by Gasteiger charge is 2.14. The van der Waals surface area contributed by atoms with E-state index in [2.05, 4.69) is 15.7 Å². The number of carboxylic acid groups (broad SMARTS) is 1. The smallest absolute Gasteiger partial charge is 0.325 e. The number of anilines is 2. The van der Waals surface area contributed by atoms with Crippen molar-refractivity contribution in [2.24, 2.45) is 5.92 Å². The molecule has 2 amide bonds. The summed E-state index contributed by atoms with van der Waals surface area (Å²) < 4.78 is 15.3. The molecule has 0 atom stereocenters. The van der Waals surface area contributed by atoms with Gasteiger partial charge in [-0.15, -0.1) is 0 Å². The summed E-state index contributed by atoms with van der Waals surface area (Å²) in [6, 6.07) is 5.12. The fourth-order valence-corrected chi connectivity index (χ4v) is 2.17. The fourth-order valence-electron chi connectivity index (χ4n) is 2.17. The summed E-state index contributed by atoms with van der Waals surface area (Å²) in [5.41, 5.74) is 0.0371. The average molecular weight is 362 g/mol. The molecule has 0 bridgehead atoms. The van der Waals surface area contributed by atoms with Crippen molar-refractivity contribution in [2.45, 2.75) is 26.8 Å². The van der Waals surface area contributed by atoms with Gasteiger partial charge in [-0.2, -0.15) is 5.10 Å². The van der Waals surface area contributed by atoms with Gasteiger partial charge < -0.3 is 15.7 Å². The Morgan fingerprint density at radius 1 is 1.23 bits per heavy atom. The molecule has 8 nitrogen and oxygen atoms in total. The number of hydrogen-bond donors (Lipinski definition) is 3. The minimum absolute atomic E-state index is 0.00191. The molecule has 26 heavy (non-hydrogen) atoms. The summed E-state index contributed by atoms with van der Waals surface area (Å²) in [7, 11) is 0. The molecule has 2 rings (SSSR count). The number of rotatable bonds is 7. The van der Waals surface area contributed by atoms with Gasteiger partial charge in [0.25, 0.3) is 5.91 Å². The number of nitrogens with zero attached hydrogens (tertiary/aromatic N) is 2. The first-order chi connectivity index (χ1) is 12.2. The second-order valence-electron chi connectivity index (χ2n) is 6.09. The van der Waals surface area contributed by atoms with E-state index in [1.54, 1.807) is 0 Å². The molecule has 138 valence electrons. The third-order valence-electron chi connectivity index (χ3n) is 3.28. The Balaban J connectivity index is 2.03. The van der Waals surface area contributed by atoms with Gasteiger partial charge in [0.05, 0.1) is 5.69 Å².